The van der Waals surface area contributed by atoms with E-state index in [1.165, 1.54) is 24.3 Å². The lowest BCUT2D eigenvalue weighted by molar-refractivity contribution is 0.102. The maximum atomic E-state index is 13.2. The molecule has 0 saturated carbocycles. The topological polar surface area (TPSA) is 376 Å². The molecule has 0 spiro atoms. The van der Waals surface area contributed by atoms with Crippen LogP contribution in [-0.2, 0) is 0 Å². The Morgan fingerprint density at radius 3 is 0.824 bits per heavy atom. The maximum Gasteiger partial charge on any atom is 0.202 e. The van der Waals surface area contributed by atoms with Gasteiger partial charge in [-0.1, -0.05) is 24.3 Å². The summed E-state index contributed by atoms with van der Waals surface area (Å²) in [6.45, 7) is 0. The zero-order chi connectivity index (χ0) is 49.9. The number of phenols is 12. The molecule has 0 bridgehead atoms. The van der Waals surface area contributed by atoms with Crippen LogP contribution in [0.5, 0.6) is 69.0 Å². The monoisotopic (exact) mass is 918 g/mol. The normalized spacial score (nSPS) is 10.4. The molecule has 7 aromatic rings. The van der Waals surface area contributed by atoms with Gasteiger partial charge in [0.25, 0.3) is 0 Å². The van der Waals surface area contributed by atoms with Crippen LogP contribution in [0.25, 0.3) is 0 Å². The average Bonchev–Trinajstić information content (AvgIpc) is 3.34. The van der Waals surface area contributed by atoms with E-state index >= 15 is 0 Å². The van der Waals surface area contributed by atoms with Gasteiger partial charge in [0.2, 0.25) is 11.5 Å². The van der Waals surface area contributed by atoms with Crippen molar-refractivity contribution in [2.45, 2.75) is 0 Å². The molecule has 0 fully saturated rings. The molecule has 7 rings (SSSR count). The van der Waals surface area contributed by atoms with Gasteiger partial charge in [0.05, 0.1) is 38.9 Å². The van der Waals surface area contributed by atoms with Crippen molar-refractivity contribution in [2.24, 2.45) is 0 Å². The molecule has 0 saturated heterocycles. The van der Waals surface area contributed by atoms with E-state index in [4.69, 9.17) is 10.5 Å². The van der Waals surface area contributed by atoms with E-state index in [9.17, 15) is 85.3 Å². The second kappa shape index (κ2) is 18.7. The fourth-order valence-corrected chi connectivity index (χ4v) is 6.50. The third-order valence-corrected chi connectivity index (χ3v) is 10.0. The number of nitriles is 2. The van der Waals surface area contributed by atoms with Crippen LogP contribution in [0.15, 0.2) is 109 Å². The number of hydrogen-bond acceptors (Lipinski definition) is 19. The van der Waals surface area contributed by atoms with Gasteiger partial charge in [0.15, 0.2) is 51.9 Å². The fraction of sp³-hybridized carbons (Fsp3) is 0. The van der Waals surface area contributed by atoms with Crippen LogP contribution >= 0.6 is 0 Å². The van der Waals surface area contributed by atoms with E-state index in [0.717, 1.165) is 84.9 Å². The van der Waals surface area contributed by atoms with E-state index < -0.39 is 103 Å². The second-order valence-electron chi connectivity index (χ2n) is 14.4. The Labute approximate surface area is 380 Å². The first-order valence-electron chi connectivity index (χ1n) is 19.1. The van der Waals surface area contributed by atoms with E-state index in [0.29, 0.717) is 0 Å². The minimum absolute atomic E-state index is 0.0543. The molecule has 338 valence electrons. The summed E-state index contributed by atoms with van der Waals surface area (Å²) in [5.74, 6) is -12.2. The lowest BCUT2D eigenvalue weighted by Gasteiger charge is -2.11. The van der Waals surface area contributed by atoms with Crippen LogP contribution in [-0.4, -0.2) is 90.2 Å². The zero-order valence-electron chi connectivity index (χ0n) is 34.2. The van der Waals surface area contributed by atoms with Gasteiger partial charge in [0.1, 0.15) is 46.6 Å². The largest absolute Gasteiger partial charge is 0.508 e. The van der Waals surface area contributed by atoms with Crippen molar-refractivity contribution in [1.29, 1.82) is 10.5 Å². The summed E-state index contributed by atoms with van der Waals surface area (Å²) in [5, 5.41) is 136. The molecular formula is C49H30N2O17. The SMILES string of the molecule is N#Cc1cc(C(=O)c2ccc(C(=O)c3cc(C#N)c(O)c(O)c3O)cc2)c(O)c(O)c1O.O=C(c1cc(C(=O)c2cc(O)ccc2O)cc(C(=O)c2cc(O)ccc2O)c1)c1cc(O)ccc1O. The molecule has 0 radical (unpaired) electrons. The summed E-state index contributed by atoms with van der Waals surface area (Å²) < 4.78 is 0. The number of carbonyl (C=O) groups is 5. The summed E-state index contributed by atoms with van der Waals surface area (Å²) in [5.41, 5.74) is -3.53. The van der Waals surface area contributed by atoms with E-state index in [2.05, 4.69) is 0 Å². The van der Waals surface area contributed by atoms with Gasteiger partial charge in [-0.25, -0.2) is 0 Å². The Hall–Kier alpha value is -10.5. The van der Waals surface area contributed by atoms with Gasteiger partial charge in [-0.15, -0.1) is 0 Å². The second-order valence-corrected chi connectivity index (χ2v) is 14.4. The van der Waals surface area contributed by atoms with Gasteiger partial charge < -0.3 is 61.3 Å². The van der Waals surface area contributed by atoms with Crippen LogP contribution in [0, 0.1) is 22.7 Å². The highest BCUT2D eigenvalue weighted by atomic mass is 16.3. The number of hydrogen-bond donors (Lipinski definition) is 12. The highest BCUT2D eigenvalue weighted by Crippen LogP contribution is 2.42. The van der Waals surface area contributed by atoms with E-state index in [1.54, 1.807) is 12.1 Å². The molecule has 7 aromatic carbocycles. The average molecular weight is 919 g/mol. The Kier molecular flexibility index (Phi) is 12.9. The summed E-state index contributed by atoms with van der Waals surface area (Å²) in [7, 11) is 0. The Morgan fingerprint density at radius 2 is 0.559 bits per heavy atom. The third-order valence-electron chi connectivity index (χ3n) is 10.0. The summed E-state index contributed by atoms with van der Waals surface area (Å²) in [6, 6.07) is 22.9. The number of benzene rings is 7. The van der Waals surface area contributed by atoms with Crippen LogP contribution in [0.2, 0.25) is 0 Å². The number of ketones is 5. The third kappa shape index (κ3) is 9.10. The Morgan fingerprint density at radius 1 is 0.294 bits per heavy atom. The molecule has 0 amide bonds. The molecule has 0 aliphatic heterocycles. The summed E-state index contributed by atoms with van der Waals surface area (Å²) in [4.78, 5) is 65.0. The van der Waals surface area contributed by atoms with Crippen molar-refractivity contribution >= 4 is 28.9 Å². The van der Waals surface area contributed by atoms with Gasteiger partial charge in [0, 0.05) is 27.8 Å². The number of nitrogens with zero attached hydrogens (tertiary/aromatic N) is 2. The van der Waals surface area contributed by atoms with Gasteiger partial charge >= 0.3 is 0 Å². The van der Waals surface area contributed by atoms with Crippen LogP contribution in [0.1, 0.15) is 90.7 Å². The molecule has 12 N–H and O–H groups in total. The first-order chi connectivity index (χ1) is 32.2. The molecule has 0 aliphatic carbocycles. The molecule has 68 heavy (non-hydrogen) atoms. The minimum Gasteiger partial charge on any atom is -0.508 e. The standard InChI is InChI=1S/C27H18O9.C22H12N2O8/c28-16-1-4-22(31)19(10-16)25(34)13-7-14(26(35)20-11-17(29)2-5-23(20)32)9-15(8-13)27(36)21-12-18(30)3-6-24(21)33;23-7-11-5-13(19(29)21(31)17(11)27)15(25)9-1-2-10(4-3-9)16(26)14-6-12(8-24)18(28)22(32)20(14)30/h1-12,28-33H;1-6,27-32H. The Balaban J connectivity index is 0.000000226. The zero-order valence-corrected chi connectivity index (χ0v) is 34.2. The van der Waals surface area contributed by atoms with Crippen molar-refractivity contribution in [3.8, 4) is 81.1 Å². The van der Waals surface area contributed by atoms with Gasteiger partial charge in [-0.2, -0.15) is 10.5 Å². The maximum absolute atomic E-state index is 13.2. The molecule has 0 aliphatic rings. The highest BCUT2D eigenvalue weighted by molar-refractivity contribution is 6.19. The van der Waals surface area contributed by atoms with Crippen LogP contribution < -0.4 is 0 Å². The van der Waals surface area contributed by atoms with Crippen molar-refractivity contribution in [2.75, 3.05) is 0 Å². The van der Waals surface area contributed by atoms with E-state index in [-0.39, 0.29) is 61.8 Å². The van der Waals surface area contributed by atoms with Crippen molar-refractivity contribution in [3.05, 3.63) is 176 Å². The van der Waals surface area contributed by atoms with Gasteiger partial charge in [-0.05, 0) is 84.9 Å². The quantitative estimate of drug-likeness (QED) is 0.0442. The first kappa shape index (κ1) is 47.0. The van der Waals surface area contributed by atoms with Crippen molar-refractivity contribution in [1.82, 2.24) is 0 Å². The molecular weight excluding hydrogens is 889 g/mol. The predicted octanol–water partition coefficient (Wildman–Crippen LogP) is 5.74. The molecule has 0 unspecified atom stereocenters. The fourth-order valence-electron chi connectivity index (χ4n) is 6.50. The summed E-state index contributed by atoms with van der Waals surface area (Å²) in [6.07, 6.45) is 0. The predicted molar refractivity (Wildman–Crippen MR) is 232 cm³/mol. The molecule has 0 aromatic heterocycles. The van der Waals surface area contributed by atoms with Crippen molar-refractivity contribution < 1.29 is 85.3 Å². The Bertz CT molecular complexity index is 3080. The van der Waals surface area contributed by atoms with Crippen molar-refractivity contribution in [3.63, 3.8) is 0 Å². The smallest absolute Gasteiger partial charge is 0.202 e. The number of rotatable bonds is 10. The lowest BCUT2D eigenvalue weighted by Crippen LogP contribution is -2.11. The molecule has 0 heterocycles. The molecule has 19 nitrogen and oxygen atoms in total. The molecule has 19 heteroatoms. The lowest BCUT2D eigenvalue weighted by atomic mass is 9.91. The van der Waals surface area contributed by atoms with Gasteiger partial charge in [-0.3, -0.25) is 24.0 Å². The minimum atomic E-state index is -1.03. The highest BCUT2D eigenvalue weighted by Gasteiger charge is 2.26. The first-order valence-corrected chi connectivity index (χ1v) is 19.1. The number of aromatic hydroxyl groups is 12. The van der Waals surface area contributed by atoms with Crippen LogP contribution in [0.4, 0.5) is 0 Å². The molecule has 0 atom stereocenters. The number of carbonyl (C=O) groups excluding carboxylic acids is 5. The summed E-state index contributed by atoms with van der Waals surface area (Å²) >= 11 is 0. The van der Waals surface area contributed by atoms with E-state index in [1.807, 2.05) is 0 Å². The number of phenolic OH excluding ortho intramolecular Hbond substituents is 12. The van der Waals surface area contributed by atoms with Crippen LogP contribution in [0.3, 0.4) is 0 Å².